The molecule has 0 fully saturated rings. The Kier molecular flexibility index (Phi) is 3.11. The van der Waals surface area contributed by atoms with Crippen molar-refractivity contribution in [2.24, 2.45) is 5.73 Å². The summed E-state index contributed by atoms with van der Waals surface area (Å²) in [4.78, 5) is 13.3. The van der Waals surface area contributed by atoms with Gasteiger partial charge in [-0.25, -0.2) is 4.79 Å². The minimum absolute atomic E-state index is 0.407. The molecule has 2 N–H and O–H groups in total. The zero-order chi connectivity index (χ0) is 9.14. The molecule has 1 rings (SSSR count). The lowest BCUT2D eigenvalue weighted by molar-refractivity contribution is 0.217. The lowest BCUT2D eigenvalue weighted by Gasteiger charge is -2.12. The van der Waals surface area contributed by atoms with Crippen molar-refractivity contribution in [3.05, 3.63) is 20.8 Å². The molecular weight excluding hydrogens is 240 g/mol. The van der Waals surface area contributed by atoms with Gasteiger partial charge in [0.1, 0.15) is 0 Å². The third-order valence-corrected chi connectivity index (χ3v) is 3.36. The highest BCUT2D eigenvalue weighted by Gasteiger charge is 2.07. The van der Waals surface area contributed by atoms with E-state index in [0.29, 0.717) is 6.54 Å². The SMILES string of the molecule is CN(Cc1sccc1Br)C(N)=O. The zero-order valence-electron chi connectivity index (χ0n) is 6.58. The number of urea groups is 1. The van der Waals surface area contributed by atoms with Gasteiger partial charge in [-0.2, -0.15) is 0 Å². The van der Waals surface area contributed by atoms with Gasteiger partial charge < -0.3 is 10.6 Å². The third-order valence-electron chi connectivity index (χ3n) is 1.45. The molecule has 0 unspecified atom stereocenters. The Labute approximate surface area is 83.3 Å². The molecule has 0 atom stereocenters. The molecule has 3 nitrogen and oxygen atoms in total. The summed E-state index contributed by atoms with van der Waals surface area (Å²) in [5, 5.41) is 1.97. The van der Waals surface area contributed by atoms with Crippen LogP contribution >= 0.6 is 27.3 Å². The molecule has 1 aromatic heterocycles. The lowest BCUT2D eigenvalue weighted by atomic mass is 10.4. The number of primary amides is 1. The molecule has 2 amide bonds. The van der Waals surface area contributed by atoms with E-state index in [0.717, 1.165) is 9.35 Å². The number of nitrogens with zero attached hydrogens (tertiary/aromatic N) is 1. The first-order chi connectivity index (χ1) is 5.61. The fraction of sp³-hybridized carbons (Fsp3) is 0.286. The van der Waals surface area contributed by atoms with E-state index in [4.69, 9.17) is 5.73 Å². The first-order valence-corrected chi connectivity index (χ1v) is 5.01. The molecule has 5 heteroatoms. The molecular formula is C7H9BrN2OS. The molecule has 0 spiro atoms. The number of thiophene rings is 1. The number of nitrogens with two attached hydrogens (primary N) is 1. The van der Waals surface area contributed by atoms with Crippen molar-refractivity contribution < 1.29 is 4.79 Å². The van der Waals surface area contributed by atoms with Crippen LogP contribution in [0.5, 0.6) is 0 Å². The largest absolute Gasteiger partial charge is 0.351 e. The summed E-state index contributed by atoms with van der Waals surface area (Å²) < 4.78 is 1.03. The maximum atomic E-state index is 10.7. The number of hydrogen-bond donors (Lipinski definition) is 1. The number of hydrogen-bond acceptors (Lipinski definition) is 2. The molecule has 66 valence electrons. The topological polar surface area (TPSA) is 46.3 Å². The molecule has 0 saturated heterocycles. The van der Waals surface area contributed by atoms with Crippen molar-refractivity contribution in [2.75, 3.05) is 7.05 Å². The van der Waals surface area contributed by atoms with E-state index >= 15 is 0 Å². The molecule has 0 radical (unpaired) electrons. The van der Waals surface area contributed by atoms with Crippen molar-refractivity contribution >= 4 is 33.3 Å². The van der Waals surface area contributed by atoms with Crippen LogP contribution in [0, 0.1) is 0 Å². The summed E-state index contributed by atoms with van der Waals surface area (Å²) >= 11 is 4.97. The van der Waals surface area contributed by atoms with Crippen LogP contribution in [0.3, 0.4) is 0 Å². The Morgan fingerprint density at radius 1 is 1.83 bits per heavy atom. The van der Waals surface area contributed by atoms with Gasteiger partial charge in [0.05, 0.1) is 6.54 Å². The van der Waals surface area contributed by atoms with Crippen LogP contribution in [-0.2, 0) is 6.54 Å². The van der Waals surface area contributed by atoms with Gasteiger partial charge >= 0.3 is 6.03 Å². The Balaban J connectivity index is 2.64. The highest BCUT2D eigenvalue weighted by molar-refractivity contribution is 9.10. The average molecular weight is 249 g/mol. The van der Waals surface area contributed by atoms with E-state index in [-0.39, 0.29) is 0 Å². The fourth-order valence-corrected chi connectivity index (χ4v) is 2.26. The number of carbonyl (C=O) groups is 1. The van der Waals surface area contributed by atoms with E-state index in [9.17, 15) is 4.79 Å². The summed E-state index contributed by atoms with van der Waals surface area (Å²) in [6, 6.07) is 1.55. The van der Waals surface area contributed by atoms with Crippen LogP contribution in [0.1, 0.15) is 4.88 Å². The zero-order valence-corrected chi connectivity index (χ0v) is 8.98. The van der Waals surface area contributed by atoms with Gasteiger partial charge in [-0.15, -0.1) is 11.3 Å². The van der Waals surface area contributed by atoms with Crippen LogP contribution in [0.2, 0.25) is 0 Å². The van der Waals surface area contributed by atoms with E-state index in [1.807, 2.05) is 11.4 Å². The van der Waals surface area contributed by atoms with Gasteiger partial charge in [0.25, 0.3) is 0 Å². The Morgan fingerprint density at radius 2 is 2.50 bits per heavy atom. The van der Waals surface area contributed by atoms with Crippen LogP contribution in [0.25, 0.3) is 0 Å². The second-order valence-electron chi connectivity index (χ2n) is 2.39. The highest BCUT2D eigenvalue weighted by atomic mass is 79.9. The van der Waals surface area contributed by atoms with Gasteiger partial charge in [0.2, 0.25) is 0 Å². The van der Waals surface area contributed by atoms with Gasteiger partial charge in [0, 0.05) is 16.4 Å². The van der Waals surface area contributed by atoms with E-state index in [1.54, 1.807) is 18.4 Å². The standard InChI is InChI=1S/C7H9BrN2OS/c1-10(7(9)11)4-6-5(8)2-3-12-6/h2-3H,4H2,1H3,(H2,9,11). The predicted molar refractivity (Wildman–Crippen MR) is 53.1 cm³/mol. The van der Waals surface area contributed by atoms with Crippen LogP contribution < -0.4 is 5.73 Å². The quantitative estimate of drug-likeness (QED) is 0.856. The van der Waals surface area contributed by atoms with Crippen LogP contribution in [-0.4, -0.2) is 18.0 Å². The predicted octanol–water partition coefficient (Wildman–Crippen LogP) is 2.02. The van der Waals surface area contributed by atoms with Crippen molar-refractivity contribution in [1.82, 2.24) is 4.90 Å². The van der Waals surface area contributed by atoms with Crippen LogP contribution in [0.15, 0.2) is 15.9 Å². The van der Waals surface area contributed by atoms with E-state index in [1.165, 1.54) is 4.90 Å². The molecule has 12 heavy (non-hydrogen) atoms. The van der Waals surface area contributed by atoms with Gasteiger partial charge in [0.15, 0.2) is 0 Å². The first-order valence-electron chi connectivity index (χ1n) is 3.33. The van der Waals surface area contributed by atoms with Crippen molar-refractivity contribution in [3.63, 3.8) is 0 Å². The molecule has 0 aromatic carbocycles. The van der Waals surface area contributed by atoms with Gasteiger partial charge in [-0.3, -0.25) is 0 Å². The summed E-state index contributed by atoms with van der Waals surface area (Å²) in [5.74, 6) is 0. The molecule has 1 heterocycles. The fourth-order valence-electron chi connectivity index (χ4n) is 0.731. The molecule has 0 saturated carbocycles. The smallest absolute Gasteiger partial charge is 0.314 e. The average Bonchev–Trinajstić information content (AvgIpc) is 2.36. The Morgan fingerprint density at radius 3 is 2.92 bits per heavy atom. The number of amides is 2. The molecule has 0 bridgehead atoms. The number of carbonyl (C=O) groups excluding carboxylic acids is 1. The highest BCUT2D eigenvalue weighted by Crippen LogP contribution is 2.23. The molecule has 1 aromatic rings. The second kappa shape index (κ2) is 3.91. The normalized spacial score (nSPS) is 9.83. The minimum atomic E-state index is -0.407. The first kappa shape index (κ1) is 9.54. The van der Waals surface area contributed by atoms with Crippen LogP contribution in [0.4, 0.5) is 4.79 Å². The lowest BCUT2D eigenvalue weighted by Crippen LogP contribution is -2.31. The molecule has 0 aliphatic carbocycles. The number of rotatable bonds is 2. The maximum Gasteiger partial charge on any atom is 0.314 e. The maximum absolute atomic E-state index is 10.7. The van der Waals surface area contributed by atoms with Gasteiger partial charge in [-0.1, -0.05) is 0 Å². The van der Waals surface area contributed by atoms with E-state index in [2.05, 4.69) is 15.9 Å². The Hall–Kier alpha value is -0.550. The summed E-state index contributed by atoms with van der Waals surface area (Å²) in [6.45, 7) is 0.563. The monoisotopic (exact) mass is 248 g/mol. The molecule has 0 aliphatic heterocycles. The van der Waals surface area contributed by atoms with Gasteiger partial charge in [-0.05, 0) is 27.4 Å². The third kappa shape index (κ3) is 2.22. The summed E-state index contributed by atoms with van der Waals surface area (Å²) in [6.07, 6.45) is 0. The Bertz CT molecular complexity index is 287. The van der Waals surface area contributed by atoms with Crippen molar-refractivity contribution in [2.45, 2.75) is 6.54 Å². The van der Waals surface area contributed by atoms with E-state index < -0.39 is 6.03 Å². The molecule has 0 aliphatic rings. The summed E-state index contributed by atoms with van der Waals surface area (Å²) in [7, 11) is 1.68. The summed E-state index contributed by atoms with van der Waals surface area (Å²) in [5.41, 5.74) is 5.08. The minimum Gasteiger partial charge on any atom is -0.351 e. The number of halogens is 1. The second-order valence-corrected chi connectivity index (χ2v) is 4.24. The van der Waals surface area contributed by atoms with Crippen molar-refractivity contribution in [1.29, 1.82) is 0 Å². The van der Waals surface area contributed by atoms with Crippen molar-refractivity contribution in [3.8, 4) is 0 Å².